The maximum atomic E-state index is 9.89. The van der Waals surface area contributed by atoms with Crippen LogP contribution in [-0.4, -0.2) is 40.4 Å². The number of aromatic nitrogens is 2. The number of aliphatic hydroxyl groups excluding tert-OH is 1. The maximum absolute atomic E-state index is 9.89. The summed E-state index contributed by atoms with van der Waals surface area (Å²) in [5.74, 6) is 0.745. The predicted molar refractivity (Wildman–Crippen MR) is 83.8 cm³/mol. The van der Waals surface area contributed by atoms with Gasteiger partial charge in [-0.05, 0) is 32.6 Å². The van der Waals surface area contributed by atoms with E-state index in [1.807, 2.05) is 6.92 Å². The van der Waals surface area contributed by atoms with E-state index in [-0.39, 0.29) is 0 Å². The van der Waals surface area contributed by atoms with Gasteiger partial charge in [0.15, 0.2) is 4.96 Å². The van der Waals surface area contributed by atoms with Gasteiger partial charge in [-0.25, -0.2) is 4.98 Å². The van der Waals surface area contributed by atoms with Gasteiger partial charge >= 0.3 is 0 Å². The van der Waals surface area contributed by atoms with Crippen molar-refractivity contribution in [3.63, 3.8) is 0 Å². The van der Waals surface area contributed by atoms with Gasteiger partial charge in [0.05, 0.1) is 24.1 Å². The Labute approximate surface area is 129 Å². The van der Waals surface area contributed by atoms with Crippen LogP contribution in [0.3, 0.4) is 0 Å². The minimum Gasteiger partial charge on any atom is -0.389 e. The zero-order valence-electron chi connectivity index (χ0n) is 12.6. The number of hydrogen-bond donors (Lipinski definition) is 2. The number of rotatable bonds is 8. The molecule has 2 N–H and O–H groups in total. The highest BCUT2D eigenvalue weighted by atomic mass is 32.1. The first-order chi connectivity index (χ1) is 10.1. The highest BCUT2D eigenvalue weighted by Crippen LogP contribution is 2.28. The minimum atomic E-state index is -0.448. The molecule has 1 unspecified atom stereocenters. The molecule has 0 spiro atoms. The standard InChI is InChI=1S/C15H23N3O2S/c1-10-7-18-14(11(2)17-15(18)21-10)6-16-5-13(19)9-20-8-12-3-4-12/h7,12-13,16,19H,3-6,8-9H2,1-2H3. The molecule has 2 heterocycles. The molecule has 6 heteroatoms. The molecular formula is C15H23N3O2S. The van der Waals surface area contributed by atoms with E-state index in [2.05, 4.69) is 27.8 Å². The van der Waals surface area contributed by atoms with Crippen LogP contribution in [0.5, 0.6) is 0 Å². The molecule has 116 valence electrons. The molecular weight excluding hydrogens is 286 g/mol. The molecule has 1 fully saturated rings. The van der Waals surface area contributed by atoms with Crippen molar-refractivity contribution in [3.8, 4) is 0 Å². The molecule has 1 atom stereocenters. The summed E-state index contributed by atoms with van der Waals surface area (Å²) in [6.45, 7) is 6.59. The fraction of sp³-hybridized carbons (Fsp3) is 0.667. The predicted octanol–water partition coefficient (Wildman–Crippen LogP) is 1.89. The van der Waals surface area contributed by atoms with Gasteiger partial charge in [0.25, 0.3) is 0 Å². The first-order valence-corrected chi connectivity index (χ1v) is 8.35. The molecule has 1 aliphatic rings. The van der Waals surface area contributed by atoms with E-state index in [9.17, 15) is 5.11 Å². The van der Waals surface area contributed by atoms with Crippen molar-refractivity contribution < 1.29 is 9.84 Å². The number of aryl methyl sites for hydroxylation is 2. The number of fused-ring (bicyclic) bond motifs is 1. The summed E-state index contributed by atoms with van der Waals surface area (Å²) < 4.78 is 7.64. The van der Waals surface area contributed by atoms with Crippen LogP contribution in [0.25, 0.3) is 4.96 Å². The summed E-state index contributed by atoms with van der Waals surface area (Å²) in [4.78, 5) is 6.86. The van der Waals surface area contributed by atoms with E-state index in [0.29, 0.717) is 19.7 Å². The number of hydrogen-bond acceptors (Lipinski definition) is 5. The summed E-state index contributed by atoms with van der Waals surface area (Å²) in [6, 6.07) is 0. The van der Waals surface area contributed by atoms with E-state index in [0.717, 1.165) is 23.2 Å². The number of aliphatic hydroxyl groups is 1. The van der Waals surface area contributed by atoms with Crippen LogP contribution in [0, 0.1) is 19.8 Å². The number of ether oxygens (including phenoxy) is 1. The highest BCUT2D eigenvalue weighted by Gasteiger charge is 2.21. The Hall–Kier alpha value is -0.950. The molecule has 2 aromatic heterocycles. The number of nitrogens with zero attached hydrogens (tertiary/aromatic N) is 2. The fourth-order valence-corrected chi connectivity index (χ4v) is 3.28. The molecule has 2 aromatic rings. The van der Waals surface area contributed by atoms with Gasteiger partial charge < -0.3 is 15.2 Å². The Kier molecular flexibility index (Phi) is 4.59. The molecule has 0 aliphatic heterocycles. The van der Waals surface area contributed by atoms with Gasteiger partial charge in [-0.2, -0.15) is 0 Å². The Morgan fingerprint density at radius 3 is 3.10 bits per heavy atom. The van der Waals surface area contributed by atoms with Crippen molar-refractivity contribution in [3.05, 3.63) is 22.5 Å². The average molecular weight is 309 g/mol. The number of thiazole rings is 1. The third-order valence-electron chi connectivity index (χ3n) is 3.77. The van der Waals surface area contributed by atoms with Gasteiger partial charge in [-0.15, -0.1) is 11.3 Å². The van der Waals surface area contributed by atoms with Gasteiger partial charge in [0, 0.05) is 30.8 Å². The van der Waals surface area contributed by atoms with E-state index < -0.39 is 6.10 Å². The zero-order valence-corrected chi connectivity index (χ0v) is 13.4. The van der Waals surface area contributed by atoms with Crippen molar-refractivity contribution in [2.45, 2.75) is 39.3 Å². The minimum absolute atomic E-state index is 0.419. The van der Waals surface area contributed by atoms with Crippen molar-refractivity contribution >= 4 is 16.3 Å². The number of imidazole rings is 1. The van der Waals surface area contributed by atoms with Crippen LogP contribution in [-0.2, 0) is 11.3 Å². The lowest BCUT2D eigenvalue weighted by Crippen LogP contribution is -2.30. The first-order valence-electron chi connectivity index (χ1n) is 7.54. The van der Waals surface area contributed by atoms with Crippen molar-refractivity contribution in [1.82, 2.24) is 14.7 Å². The Morgan fingerprint density at radius 1 is 1.52 bits per heavy atom. The molecule has 3 rings (SSSR count). The van der Waals surface area contributed by atoms with Crippen molar-refractivity contribution in [2.75, 3.05) is 19.8 Å². The van der Waals surface area contributed by atoms with Crippen LogP contribution in [0.1, 0.15) is 29.1 Å². The lowest BCUT2D eigenvalue weighted by molar-refractivity contribution is 0.0324. The van der Waals surface area contributed by atoms with Gasteiger partial charge in [0.1, 0.15) is 0 Å². The zero-order chi connectivity index (χ0) is 14.8. The smallest absolute Gasteiger partial charge is 0.194 e. The lowest BCUT2D eigenvalue weighted by atomic mass is 10.3. The van der Waals surface area contributed by atoms with E-state index in [1.165, 1.54) is 23.4 Å². The van der Waals surface area contributed by atoms with Crippen LogP contribution >= 0.6 is 11.3 Å². The van der Waals surface area contributed by atoms with Crippen molar-refractivity contribution in [1.29, 1.82) is 0 Å². The molecule has 21 heavy (non-hydrogen) atoms. The Bertz CT molecular complexity index is 603. The molecule has 1 saturated carbocycles. The van der Waals surface area contributed by atoms with Crippen molar-refractivity contribution in [2.24, 2.45) is 5.92 Å². The molecule has 0 amide bonds. The summed E-state index contributed by atoms with van der Waals surface area (Å²) in [7, 11) is 0. The normalized spacial score (nSPS) is 16.7. The topological polar surface area (TPSA) is 58.8 Å². The van der Waals surface area contributed by atoms with Crippen LogP contribution in [0.2, 0.25) is 0 Å². The first kappa shape index (κ1) is 15.0. The van der Waals surface area contributed by atoms with Crippen LogP contribution in [0.4, 0.5) is 0 Å². The maximum Gasteiger partial charge on any atom is 0.194 e. The summed E-state index contributed by atoms with van der Waals surface area (Å²) in [5.41, 5.74) is 2.22. The monoisotopic (exact) mass is 309 g/mol. The fourth-order valence-electron chi connectivity index (χ4n) is 2.39. The second-order valence-corrected chi connectivity index (χ2v) is 7.12. The van der Waals surface area contributed by atoms with E-state index >= 15 is 0 Å². The largest absolute Gasteiger partial charge is 0.389 e. The SMILES string of the molecule is Cc1cn2c(CNCC(O)COCC3CC3)c(C)nc2s1. The Morgan fingerprint density at radius 2 is 2.33 bits per heavy atom. The molecule has 0 bridgehead atoms. The quantitative estimate of drug-likeness (QED) is 0.782. The molecule has 1 aliphatic carbocycles. The third-order valence-corrected chi connectivity index (χ3v) is 4.67. The molecule has 0 radical (unpaired) electrons. The van der Waals surface area contributed by atoms with E-state index in [4.69, 9.17) is 4.74 Å². The second-order valence-electron chi connectivity index (χ2n) is 5.90. The summed E-state index contributed by atoms with van der Waals surface area (Å²) >= 11 is 1.70. The molecule has 5 nitrogen and oxygen atoms in total. The third kappa shape index (κ3) is 3.83. The second kappa shape index (κ2) is 6.44. The number of nitrogens with one attached hydrogen (secondary N) is 1. The van der Waals surface area contributed by atoms with Gasteiger partial charge in [-0.3, -0.25) is 4.40 Å². The molecule has 0 aromatic carbocycles. The van der Waals surface area contributed by atoms with Gasteiger partial charge in [-0.1, -0.05) is 0 Å². The summed E-state index contributed by atoms with van der Waals surface area (Å²) in [5, 5.41) is 13.2. The van der Waals surface area contributed by atoms with Crippen LogP contribution in [0.15, 0.2) is 6.20 Å². The van der Waals surface area contributed by atoms with Crippen LogP contribution < -0.4 is 5.32 Å². The Balaban J connectivity index is 1.45. The van der Waals surface area contributed by atoms with E-state index in [1.54, 1.807) is 11.3 Å². The lowest BCUT2D eigenvalue weighted by Gasteiger charge is -2.12. The average Bonchev–Trinajstić information content (AvgIpc) is 3.12. The highest BCUT2D eigenvalue weighted by molar-refractivity contribution is 7.17. The summed E-state index contributed by atoms with van der Waals surface area (Å²) in [6.07, 6.45) is 4.23. The van der Waals surface area contributed by atoms with Gasteiger partial charge in [0.2, 0.25) is 0 Å². The molecule has 0 saturated heterocycles.